The fourth-order valence-corrected chi connectivity index (χ4v) is 15.7. The largest absolute Gasteiger partial charge is 0.382 e. The lowest BCUT2D eigenvalue weighted by Gasteiger charge is -2.22. The average molecular weight is 1030 g/mol. The molecule has 4 aromatic carbocycles. The molecule has 20 nitrogen and oxygen atoms in total. The molecule has 6 N–H and O–H groups in total. The van der Waals surface area contributed by atoms with Crippen LogP contribution in [0.15, 0.2) is 113 Å². The van der Waals surface area contributed by atoms with Gasteiger partial charge in [0.05, 0.1) is 64.5 Å². The summed E-state index contributed by atoms with van der Waals surface area (Å²) in [5.74, 6) is -2.61. The number of hydrogen-bond donors (Lipinski definition) is 4. The van der Waals surface area contributed by atoms with Gasteiger partial charge in [-0.3, -0.25) is 18.7 Å². The number of amides is 2. The molecular formula is C45H46FN9O11P2S2. The molecule has 2 heterocycles. The maximum Gasteiger partial charge on any atom is 0.346 e. The van der Waals surface area contributed by atoms with E-state index in [2.05, 4.69) is 30.6 Å². The molecule has 70 heavy (non-hydrogen) atoms. The van der Waals surface area contributed by atoms with Crippen LogP contribution in [0, 0.1) is 17.1 Å². The molecule has 0 radical (unpaired) electrons. The lowest BCUT2D eigenvalue weighted by Crippen LogP contribution is -2.18. The molecule has 0 aliphatic heterocycles. The van der Waals surface area contributed by atoms with Crippen LogP contribution in [-0.4, -0.2) is 85.6 Å². The third kappa shape index (κ3) is 13.3. The first-order valence-electron chi connectivity index (χ1n) is 21.0. The number of nitrogen functional groups attached to an aromatic ring is 2. The summed E-state index contributed by atoms with van der Waals surface area (Å²) < 4.78 is 110. The summed E-state index contributed by atoms with van der Waals surface area (Å²) in [6, 6.07) is 22.4. The number of nitrogens with zero attached hydrogens (tertiary/aromatic N) is 5. The van der Waals surface area contributed by atoms with E-state index >= 15 is 0 Å². The predicted octanol–water partition coefficient (Wildman–Crippen LogP) is 7.56. The van der Waals surface area contributed by atoms with Gasteiger partial charge in [0, 0.05) is 29.2 Å². The Morgan fingerprint density at radius 3 is 1.76 bits per heavy atom. The number of hydrogen-bond acceptors (Lipinski definition) is 18. The molecule has 3 atom stereocenters. The number of nitrogens with one attached hydrogen (secondary N) is 2. The second kappa shape index (κ2) is 21.9. The van der Waals surface area contributed by atoms with Crippen molar-refractivity contribution in [2.45, 2.75) is 43.1 Å². The summed E-state index contributed by atoms with van der Waals surface area (Å²) in [6.45, 7) is 5.98. The summed E-state index contributed by atoms with van der Waals surface area (Å²) in [6.07, 6.45) is 1.94. The van der Waals surface area contributed by atoms with Gasteiger partial charge in [-0.2, -0.15) is 5.26 Å². The Kier molecular flexibility index (Phi) is 16.5. The van der Waals surface area contributed by atoms with Crippen LogP contribution in [0.2, 0.25) is 0 Å². The number of nitrogens with two attached hydrogens (primary N) is 2. The molecule has 6 rings (SSSR count). The smallest absolute Gasteiger partial charge is 0.346 e. The van der Waals surface area contributed by atoms with E-state index in [0.29, 0.717) is 16.8 Å². The molecule has 25 heteroatoms. The van der Waals surface area contributed by atoms with Crippen LogP contribution in [0.1, 0.15) is 52.9 Å². The zero-order valence-corrected chi connectivity index (χ0v) is 41.3. The Morgan fingerprint density at radius 1 is 0.743 bits per heavy atom. The summed E-state index contributed by atoms with van der Waals surface area (Å²) in [4.78, 5) is 42.8. The molecule has 2 amide bonds. The standard InChI is InChI=1S/C45H46FN9O11P2S2/c1-5-64-67(4,58)26-69(60,61)35-17-13-33(14-18-35)52-44(56)40-42(48)50-24-38(54-40)30-9-7-29(8-10-30)21-28(3)66-68(59,65-6-2)27-70(62,63)36-19-15-34(16-20-36)53-45(57)41-43(49)51-25-39(55-41)37-22-32(46)12-11-31(37)23-47/h7-20,22,24-25,28H,5-6,21,26-27H2,1-4H3,(H2,48,50)(H2,49,51)(H,52,56)(H,53,57). The van der Waals surface area contributed by atoms with Crippen molar-refractivity contribution in [1.29, 1.82) is 5.26 Å². The van der Waals surface area contributed by atoms with Gasteiger partial charge in [-0.25, -0.2) is 41.2 Å². The van der Waals surface area contributed by atoms with Crippen molar-refractivity contribution in [2.75, 3.05) is 53.0 Å². The molecule has 0 aliphatic rings. The van der Waals surface area contributed by atoms with Crippen molar-refractivity contribution < 1.29 is 53.5 Å². The molecule has 0 bridgehead atoms. The van der Waals surface area contributed by atoms with Gasteiger partial charge in [-0.1, -0.05) is 24.3 Å². The van der Waals surface area contributed by atoms with Gasteiger partial charge in [0.1, 0.15) is 11.3 Å². The number of sulfone groups is 2. The molecule has 0 spiro atoms. The number of carbonyl (C=O) groups excluding carboxylic acids is 2. The fraction of sp³-hybridized carbons (Fsp3) is 0.222. The van der Waals surface area contributed by atoms with Gasteiger partial charge >= 0.3 is 7.60 Å². The van der Waals surface area contributed by atoms with Gasteiger partial charge in [-0.15, -0.1) is 0 Å². The fourth-order valence-electron chi connectivity index (χ4n) is 6.82. The Bertz CT molecular complexity index is 3310. The minimum atomic E-state index is -4.30. The van der Waals surface area contributed by atoms with Gasteiger partial charge in [0.25, 0.3) is 11.8 Å². The average Bonchev–Trinajstić information content (AvgIpc) is 3.29. The van der Waals surface area contributed by atoms with E-state index in [1.807, 2.05) is 6.07 Å². The third-order valence-electron chi connectivity index (χ3n) is 9.93. The van der Waals surface area contributed by atoms with Gasteiger partial charge in [0.2, 0.25) is 7.37 Å². The van der Waals surface area contributed by atoms with E-state index in [4.69, 9.17) is 25.0 Å². The molecular weight excluding hydrogens is 988 g/mol. The molecule has 3 unspecified atom stereocenters. The van der Waals surface area contributed by atoms with E-state index in [9.17, 15) is 45.2 Å². The zero-order chi connectivity index (χ0) is 51.0. The summed E-state index contributed by atoms with van der Waals surface area (Å²) >= 11 is 0. The third-order valence-corrected chi connectivity index (χ3v) is 19.9. The first kappa shape index (κ1) is 52.6. The van der Waals surface area contributed by atoms with Crippen LogP contribution in [0.5, 0.6) is 0 Å². The van der Waals surface area contributed by atoms with Crippen molar-refractivity contribution in [1.82, 2.24) is 19.9 Å². The van der Waals surface area contributed by atoms with E-state index in [1.165, 1.54) is 80.6 Å². The Hall–Kier alpha value is -6.76. The van der Waals surface area contributed by atoms with Crippen LogP contribution < -0.4 is 22.1 Å². The second-order valence-corrected chi connectivity index (χ2v) is 24.9. The number of aromatic nitrogens is 4. The first-order valence-corrected chi connectivity index (χ1v) is 28.3. The molecule has 0 aliphatic carbocycles. The van der Waals surface area contributed by atoms with E-state index in [-0.39, 0.29) is 80.6 Å². The zero-order valence-electron chi connectivity index (χ0n) is 37.9. The Labute approximate surface area is 402 Å². The molecule has 366 valence electrons. The summed E-state index contributed by atoms with van der Waals surface area (Å²) in [7, 11) is -15.9. The van der Waals surface area contributed by atoms with Crippen molar-refractivity contribution in [3.8, 4) is 28.6 Å². The number of halogens is 1. The quantitative estimate of drug-likeness (QED) is 0.0536. The molecule has 2 aromatic heterocycles. The highest BCUT2D eigenvalue weighted by atomic mass is 32.2. The number of nitriles is 1. The predicted molar refractivity (Wildman–Crippen MR) is 260 cm³/mol. The van der Waals surface area contributed by atoms with Crippen LogP contribution in [-0.2, 0) is 48.8 Å². The normalized spacial score (nSPS) is 13.8. The van der Waals surface area contributed by atoms with E-state index in [1.54, 1.807) is 38.1 Å². The maximum absolute atomic E-state index is 14.0. The van der Waals surface area contributed by atoms with Crippen LogP contribution in [0.3, 0.4) is 0 Å². The van der Waals surface area contributed by atoms with Crippen molar-refractivity contribution in [2.24, 2.45) is 0 Å². The van der Waals surface area contributed by atoms with Crippen LogP contribution in [0.25, 0.3) is 22.5 Å². The van der Waals surface area contributed by atoms with Crippen LogP contribution >= 0.6 is 15.0 Å². The van der Waals surface area contributed by atoms with E-state index in [0.717, 1.165) is 12.1 Å². The molecule has 6 aromatic rings. The molecule has 0 fully saturated rings. The highest BCUT2D eigenvalue weighted by molar-refractivity contribution is 7.98. The lowest BCUT2D eigenvalue weighted by molar-refractivity contribution is 0.101. The second-order valence-electron chi connectivity index (χ2n) is 15.5. The Balaban J connectivity index is 1.07. The molecule has 0 saturated heterocycles. The topological polar surface area (TPSA) is 316 Å². The van der Waals surface area contributed by atoms with Crippen molar-refractivity contribution in [3.63, 3.8) is 0 Å². The van der Waals surface area contributed by atoms with Gasteiger partial charge in [-0.05, 0) is 99.5 Å². The number of rotatable bonds is 20. The van der Waals surface area contributed by atoms with E-state index < -0.39 is 69.4 Å². The summed E-state index contributed by atoms with van der Waals surface area (Å²) in [5, 5.41) is 14.6. The monoisotopic (exact) mass is 1030 g/mol. The van der Waals surface area contributed by atoms with Crippen molar-refractivity contribution in [3.05, 3.63) is 132 Å². The highest BCUT2D eigenvalue weighted by Gasteiger charge is 2.35. The lowest BCUT2D eigenvalue weighted by atomic mass is 10.1. The van der Waals surface area contributed by atoms with Crippen molar-refractivity contribution >= 4 is 69.5 Å². The molecule has 0 saturated carbocycles. The minimum absolute atomic E-state index is 0.0168. The number of carbonyl (C=O) groups is 2. The number of benzene rings is 4. The highest BCUT2D eigenvalue weighted by Crippen LogP contribution is 2.52. The summed E-state index contributed by atoms with van der Waals surface area (Å²) in [5.41, 5.74) is 11.8. The SMILES string of the molecule is CCOP(C)(=O)CS(=O)(=O)c1ccc(NC(=O)c2nc(-c3ccc(CC(C)OP(=O)(CS(=O)(=O)c4ccc(NC(=O)c5nc(-c6cc(F)ccc6C#N)cnc5N)cc4)OCC)cc3)cnc2N)cc1. The number of anilines is 4. The van der Waals surface area contributed by atoms with Gasteiger partial charge < -0.3 is 35.7 Å². The van der Waals surface area contributed by atoms with Gasteiger partial charge in [0.15, 0.2) is 48.2 Å². The Morgan fingerprint density at radius 2 is 1.24 bits per heavy atom. The minimum Gasteiger partial charge on any atom is -0.382 e. The first-order chi connectivity index (χ1) is 33.0. The maximum atomic E-state index is 14.0. The van der Waals surface area contributed by atoms with Crippen LogP contribution in [0.4, 0.5) is 27.4 Å².